The Hall–Kier alpha value is -8.35. The maximum Gasteiger partial charge on any atom is 0.412 e. The van der Waals surface area contributed by atoms with Crippen molar-refractivity contribution in [3.05, 3.63) is 171 Å². The van der Waals surface area contributed by atoms with Crippen LogP contribution in [0.3, 0.4) is 0 Å². The number of nitrogens with one attached hydrogen (secondary N) is 5. The van der Waals surface area contributed by atoms with E-state index in [0.29, 0.717) is 31.6 Å². The second kappa shape index (κ2) is 27.0. The maximum absolute atomic E-state index is 13.5. The highest BCUT2D eigenvalue weighted by atomic mass is 16.5. The van der Waals surface area contributed by atoms with Crippen molar-refractivity contribution in [3.63, 3.8) is 0 Å². The van der Waals surface area contributed by atoms with Gasteiger partial charge in [0.25, 0.3) is 17.0 Å². The molecule has 19 nitrogen and oxygen atoms in total. The van der Waals surface area contributed by atoms with Crippen LogP contribution in [-0.4, -0.2) is 68.5 Å². The number of nitrogens with two attached hydrogens (primary N) is 1. The van der Waals surface area contributed by atoms with Crippen molar-refractivity contribution in [3.8, 4) is 0 Å². The molecule has 1 saturated heterocycles. The molecule has 0 radical (unpaired) electrons. The Morgan fingerprint density at radius 1 is 0.803 bits per heavy atom. The molecule has 0 unspecified atom stereocenters. The first kappa shape index (κ1) is 53.6. The van der Waals surface area contributed by atoms with Crippen molar-refractivity contribution >= 4 is 47.0 Å². The summed E-state index contributed by atoms with van der Waals surface area (Å²) in [4.78, 5) is 101. The van der Waals surface area contributed by atoms with E-state index in [4.69, 9.17) is 15.0 Å². The van der Waals surface area contributed by atoms with Crippen molar-refractivity contribution in [2.24, 2.45) is 11.7 Å². The lowest BCUT2D eigenvalue weighted by molar-refractivity contribution is -0.126. The zero-order valence-electron chi connectivity index (χ0n) is 40.2. The van der Waals surface area contributed by atoms with Gasteiger partial charge >= 0.3 is 6.09 Å². The molecule has 374 valence electrons. The molecule has 1 fully saturated rings. The van der Waals surface area contributed by atoms with Crippen LogP contribution in [0.1, 0.15) is 92.3 Å². The normalized spacial score (nSPS) is 14.8. The highest BCUT2D eigenvalue weighted by Gasteiger charge is 2.30. The molecule has 0 aliphatic carbocycles. The molecule has 1 aliphatic heterocycles. The van der Waals surface area contributed by atoms with E-state index in [2.05, 4.69) is 31.7 Å². The van der Waals surface area contributed by atoms with Gasteiger partial charge in [0.2, 0.25) is 23.6 Å². The van der Waals surface area contributed by atoms with E-state index in [-0.39, 0.29) is 60.3 Å². The summed E-state index contributed by atoms with van der Waals surface area (Å²) in [6.45, 7) is 7.79. The number of ether oxygens (including phenoxy) is 1. The van der Waals surface area contributed by atoms with Gasteiger partial charge in [0, 0.05) is 55.8 Å². The number of primary amides is 1. The van der Waals surface area contributed by atoms with E-state index >= 15 is 0 Å². The minimum atomic E-state index is -0.923. The average Bonchev–Trinajstić information content (AvgIpc) is 3.99. The first-order valence-electron chi connectivity index (χ1n) is 23.3. The van der Waals surface area contributed by atoms with E-state index in [1.165, 1.54) is 39.7 Å². The molecule has 0 spiro atoms. The van der Waals surface area contributed by atoms with Crippen LogP contribution in [0.15, 0.2) is 142 Å². The van der Waals surface area contributed by atoms with Crippen LogP contribution >= 0.6 is 0 Å². The molecule has 6 rings (SSSR count). The van der Waals surface area contributed by atoms with Crippen LogP contribution in [0.5, 0.6) is 0 Å². The van der Waals surface area contributed by atoms with Gasteiger partial charge in [-0.05, 0) is 81.8 Å². The molecule has 4 heterocycles. The number of benzene rings is 2. The molecule has 1 aliphatic rings. The fourth-order valence-corrected chi connectivity index (χ4v) is 7.79. The highest BCUT2D eigenvalue weighted by Crippen LogP contribution is 2.20. The summed E-state index contributed by atoms with van der Waals surface area (Å²) in [5, 5.41) is 17.3. The lowest BCUT2D eigenvalue weighted by Crippen LogP contribution is -2.43. The van der Waals surface area contributed by atoms with Gasteiger partial charge in [-0.25, -0.2) is 4.79 Å². The topological polar surface area (TPSA) is 268 Å². The number of nitrogens with zero attached hydrogens (tertiary/aromatic N) is 3. The second-order valence-electron chi connectivity index (χ2n) is 16.7. The number of aryl methyl sites for hydroxylation is 1. The average molecular weight is 972 g/mol. The standard InChI is InChI=1S/C29H32N4O5.C23H29N5O5/c1-2-10-23(16-17-26(30)34)31-27(35)25(19-21-11-5-3-6-12-21)33-18-9-15-24(28(33)36)32-29(37)38-20-22-13-7-4-8-14-22;1-4-7-16(13-15-9-10-24-20(15)29)25-22(31)19(5-2)28-11-6-8-17(23(28)32)26-21(30)18-12-14(3)33-27-18/h2-15,18,23,25H,16-17,19-20H2,1H3,(H2,30,34)(H,31,35)(H,32,37);4,6-8,11-12,15-16,19H,5,9-10,13H2,1-3H3,(H,24,29)(H,25,31)(H,26,30)/b10-2+;7-4+/t23-,25+;15-,16+,19-/m10/s1. The van der Waals surface area contributed by atoms with Crippen LogP contribution in [0, 0.1) is 12.8 Å². The molecule has 71 heavy (non-hydrogen) atoms. The van der Waals surface area contributed by atoms with Crippen molar-refractivity contribution < 1.29 is 38.0 Å². The smallest absolute Gasteiger partial charge is 0.412 e. The molecular weight excluding hydrogens is 911 g/mol. The van der Waals surface area contributed by atoms with Crippen LogP contribution in [0.2, 0.25) is 0 Å². The van der Waals surface area contributed by atoms with Crippen LogP contribution in [-0.2, 0) is 36.9 Å². The van der Waals surface area contributed by atoms with Crippen LogP contribution in [0.25, 0.3) is 0 Å². The molecule has 0 bridgehead atoms. The van der Waals surface area contributed by atoms with E-state index < -0.39 is 53.1 Å². The third-order valence-electron chi connectivity index (χ3n) is 11.4. The van der Waals surface area contributed by atoms with Crippen LogP contribution < -0.4 is 43.4 Å². The van der Waals surface area contributed by atoms with Gasteiger partial charge in [-0.1, -0.05) is 97.0 Å². The zero-order chi connectivity index (χ0) is 51.3. The molecule has 2 aromatic carbocycles. The Labute approximate surface area is 410 Å². The second-order valence-corrected chi connectivity index (χ2v) is 16.7. The summed E-state index contributed by atoms with van der Waals surface area (Å²) >= 11 is 0. The predicted octanol–water partition coefficient (Wildman–Crippen LogP) is 5.64. The molecular formula is C52H61N9O10. The fraction of sp³-hybridized carbons (Fsp3) is 0.327. The summed E-state index contributed by atoms with van der Waals surface area (Å²) in [5.74, 6) is -1.49. The maximum atomic E-state index is 13.5. The number of pyridine rings is 2. The Morgan fingerprint density at radius 3 is 1.94 bits per heavy atom. The monoisotopic (exact) mass is 971 g/mol. The highest BCUT2D eigenvalue weighted by molar-refractivity contribution is 6.02. The van der Waals surface area contributed by atoms with E-state index in [0.717, 1.165) is 17.5 Å². The molecule has 7 N–H and O–H groups in total. The number of aromatic nitrogens is 3. The van der Waals surface area contributed by atoms with E-state index in [9.17, 15) is 38.4 Å². The molecule has 5 aromatic rings. The zero-order valence-corrected chi connectivity index (χ0v) is 40.2. The molecule has 3 aromatic heterocycles. The number of carbonyl (C=O) groups excluding carboxylic acids is 6. The first-order valence-corrected chi connectivity index (χ1v) is 23.3. The Bertz CT molecular complexity index is 2780. The fourth-order valence-electron chi connectivity index (χ4n) is 7.79. The lowest BCUT2D eigenvalue weighted by atomic mass is 9.97. The van der Waals surface area contributed by atoms with Crippen LogP contribution in [0.4, 0.5) is 16.2 Å². The van der Waals surface area contributed by atoms with E-state index in [1.807, 2.05) is 79.7 Å². The van der Waals surface area contributed by atoms with E-state index in [1.54, 1.807) is 45.1 Å². The molecule has 19 heteroatoms. The molecule has 5 atom stereocenters. The number of anilines is 2. The SMILES string of the molecule is C/C=C/[C@H](CCC(N)=O)NC(=O)[C@H](Cc1ccccc1)n1cccc(NC(=O)OCc2ccccc2)c1=O.C/C=C/[C@H](C[C@@H]1CCNC1=O)NC(=O)[C@H](CC)n1cccc(NC(=O)c2cc(C)on2)c1=O. The minimum Gasteiger partial charge on any atom is -0.444 e. The summed E-state index contributed by atoms with van der Waals surface area (Å²) in [6.07, 6.45) is 11.7. The largest absolute Gasteiger partial charge is 0.444 e. The third-order valence-corrected chi connectivity index (χ3v) is 11.4. The quantitative estimate of drug-likeness (QED) is 0.0490. The number of amides is 6. The summed E-state index contributed by atoms with van der Waals surface area (Å²) < 4.78 is 12.7. The van der Waals surface area contributed by atoms with Gasteiger partial charge in [0.05, 0.1) is 0 Å². The number of hydrogen-bond donors (Lipinski definition) is 6. The molecule has 0 saturated carbocycles. The third kappa shape index (κ3) is 16.1. The number of rotatable bonds is 21. The molecule has 6 amide bonds. The Morgan fingerprint density at radius 2 is 1.38 bits per heavy atom. The Balaban J connectivity index is 0.000000267. The van der Waals surface area contributed by atoms with Gasteiger partial charge in [-0.2, -0.15) is 0 Å². The van der Waals surface area contributed by atoms with Gasteiger partial charge in [0.1, 0.15) is 35.8 Å². The summed E-state index contributed by atoms with van der Waals surface area (Å²) in [6, 6.07) is 23.5. The Kier molecular flexibility index (Phi) is 20.4. The van der Waals surface area contributed by atoms with Gasteiger partial charge in [-0.15, -0.1) is 0 Å². The van der Waals surface area contributed by atoms with Gasteiger partial charge < -0.3 is 45.4 Å². The van der Waals surface area contributed by atoms with Crippen molar-refractivity contribution in [2.75, 3.05) is 17.2 Å². The number of allylic oxidation sites excluding steroid dienone is 2. The lowest BCUT2D eigenvalue weighted by Gasteiger charge is -2.23. The van der Waals surface area contributed by atoms with Gasteiger partial charge in [0.15, 0.2) is 5.69 Å². The minimum absolute atomic E-state index is 0.00670. The number of carbonyl (C=O) groups is 6. The van der Waals surface area contributed by atoms with Crippen molar-refractivity contribution in [1.82, 2.24) is 30.2 Å². The predicted molar refractivity (Wildman–Crippen MR) is 267 cm³/mol. The summed E-state index contributed by atoms with van der Waals surface area (Å²) in [5.41, 5.74) is 5.94. The first-order chi connectivity index (χ1) is 34.2. The van der Waals surface area contributed by atoms with Crippen molar-refractivity contribution in [1.29, 1.82) is 0 Å². The van der Waals surface area contributed by atoms with Crippen molar-refractivity contribution in [2.45, 2.75) is 97.0 Å². The summed E-state index contributed by atoms with van der Waals surface area (Å²) in [7, 11) is 0. The van der Waals surface area contributed by atoms with Gasteiger partial charge in [-0.3, -0.25) is 38.9 Å². The number of hydrogen-bond acceptors (Lipinski definition) is 11.